The van der Waals surface area contributed by atoms with Gasteiger partial charge < -0.3 is 0 Å². The van der Waals surface area contributed by atoms with Gasteiger partial charge in [-0.25, -0.2) is 0 Å². The maximum absolute atomic E-state index is 12.8. The molecular weight excluding hydrogens is 246 g/mol. The molecule has 1 aromatic rings. The van der Waals surface area contributed by atoms with Gasteiger partial charge in [-0.1, -0.05) is 30.5 Å². The fraction of sp³-hybridized carbons (Fsp3) is 0.611. The Bertz CT molecular complexity index is 480. The van der Waals surface area contributed by atoms with Crippen LogP contribution in [0.25, 0.3) is 0 Å². The number of hydrogen-bond acceptors (Lipinski definition) is 2. The second-order valence-electron chi connectivity index (χ2n) is 6.29. The Morgan fingerprint density at radius 3 is 2.75 bits per heavy atom. The van der Waals surface area contributed by atoms with Gasteiger partial charge in [-0.3, -0.25) is 9.69 Å². The van der Waals surface area contributed by atoms with E-state index >= 15 is 0 Å². The van der Waals surface area contributed by atoms with E-state index in [9.17, 15) is 4.79 Å². The van der Waals surface area contributed by atoms with Gasteiger partial charge in [-0.15, -0.1) is 0 Å². The predicted molar refractivity (Wildman–Crippen MR) is 84.3 cm³/mol. The SMILES string of the molecule is Cc1ccc(C)c(C(=O)C(C)N2CCCCCC2C)c1. The minimum atomic E-state index is -0.0106. The van der Waals surface area contributed by atoms with Crippen molar-refractivity contribution in [2.75, 3.05) is 6.54 Å². The zero-order valence-electron chi connectivity index (χ0n) is 13.3. The van der Waals surface area contributed by atoms with Gasteiger partial charge in [-0.05, 0) is 58.7 Å². The third-order valence-electron chi connectivity index (χ3n) is 4.64. The fourth-order valence-electron chi connectivity index (χ4n) is 3.25. The van der Waals surface area contributed by atoms with Crippen LogP contribution in [0.5, 0.6) is 0 Å². The number of ketones is 1. The largest absolute Gasteiger partial charge is 0.292 e. The van der Waals surface area contributed by atoms with E-state index in [1.54, 1.807) is 0 Å². The zero-order valence-corrected chi connectivity index (χ0v) is 13.3. The van der Waals surface area contributed by atoms with Crippen LogP contribution in [0.4, 0.5) is 0 Å². The van der Waals surface area contributed by atoms with Gasteiger partial charge in [-0.2, -0.15) is 0 Å². The molecule has 110 valence electrons. The minimum absolute atomic E-state index is 0.0106. The van der Waals surface area contributed by atoms with E-state index in [0.29, 0.717) is 6.04 Å². The molecule has 0 spiro atoms. The van der Waals surface area contributed by atoms with E-state index in [0.717, 1.165) is 23.2 Å². The summed E-state index contributed by atoms with van der Waals surface area (Å²) < 4.78 is 0. The summed E-state index contributed by atoms with van der Waals surface area (Å²) in [4.78, 5) is 15.2. The average molecular weight is 273 g/mol. The van der Waals surface area contributed by atoms with Crippen LogP contribution in [-0.4, -0.2) is 29.3 Å². The number of rotatable bonds is 3. The Morgan fingerprint density at radius 1 is 1.25 bits per heavy atom. The summed E-state index contributed by atoms with van der Waals surface area (Å²) in [6.45, 7) is 9.48. The van der Waals surface area contributed by atoms with E-state index < -0.39 is 0 Å². The topological polar surface area (TPSA) is 20.3 Å². The number of likely N-dealkylation sites (tertiary alicyclic amines) is 1. The molecule has 1 aromatic carbocycles. The lowest BCUT2D eigenvalue weighted by Gasteiger charge is -2.32. The molecular formula is C18H27NO. The number of benzene rings is 1. The van der Waals surface area contributed by atoms with Crippen LogP contribution >= 0.6 is 0 Å². The molecule has 2 nitrogen and oxygen atoms in total. The van der Waals surface area contributed by atoms with Crippen molar-refractivity contribution >= 4 is 5.78 Å². The van der Waals surface area contributed by atoms with Gasteiger partial charge in [0, 0.05) is 11.6 Å². The highest BCUT2D eigenvalue weighted by Gasteiger charge is 2.28. The van der Waals surface area contributed by atoms with Crippen molar-refractivity contribution in [2.24, 2.45) is 0 Å². The summed E-state index contributed by atoms with van der Waals surface area (Å²) in [7, 11) is 0. The molecule has 1 saturated heterocycles. The van der Waals surface area contributed by atoms with Crippen molar-refractivity contribution < 1.29 is 4.79 Å². The minimum Gasteiger partial charge on any atom is -0.292 e. The molecule has 0 amide bonds. The molecule has 2 rings (SSSR count). The highest BCUT2D eigenvalue weighted by molar-refractivity contribution is 6.01. The monoisotopic (exact) mass is 273 g/mol. The Hall–Kier alpha value is -1.15. The summed E-state index contributed by atoms with van der Waals surface area (Å²) >= 11 is 0. The number of carbonyl (C=O) groups is 1. The highest BCUT2D eigenvalue weighted by Crippen LogP contribution is 2.22. The molecule has 20 heavy (non-hydrogen) atoms. The van der Waals surface area contributed by atoms with Crippen LogP contribution in [0.3, 0.4) is 0 Å². The van der Waals surface area contributed by atoms with Gasteiger partial charge in [0.25, 0.3) is 0 Å². The maximum Gasteiger partial charge on any atom is 0.179 e. The van der Waals surface area contributed by atoms with E-state index in [2.05, 4.69) is 37.8 Å². The first-order valence-electron chi connectivity index (χ1n) is 7.88. The van der Waals surface area contributed by atoms with Gasteiger partial charge in [0.15, 0.2) is 5.78 Å². The van der Waals surface area contributed by atoms with Crippen LogP contribution in [0.15, 0.2) is 18.2 Å². The Morgan fingerprint density at radius 2 is 2.00 bits per heavy atom. The molecule has 0 aliphatic carbocycles. The fourth-order valence-corrected chi connectivity index (χ4v) is 3.25. The standard InChI is InChI=1S/C18H27NO/c1-13-9-10-14(2)17(12-13)18(20)16(4)19-11-7-5-6-8-15(19)3/h9-10,12,15-16H,5-8,11H2,1-4H3. The first kappa shape index (κ1) is 15.2. The molecule has 2 heteroatoms. The van der Waals surface area contributed by atoms with Crippen molar-refractivity contribution in [1.82, 2.24) is 4.90 Å². The van der Waals surface area contributed by atoms with Crippen LogP contribution in [0, 0.1) is 13.8 Å². The quantitative estimate of drug-likeness (QED) is 0.771. The molecule has 0 aromatic heterocycles. The average Bonchev–Trinajstić information content (AvgIpc) is 2.64. The van der Waals surface area contributed by atoms with Crippen LogP contribution in [-0.2, 0) is 0 Å². The van der Waals surface area contributed by atoms with Crippen LogP contribution in [0.1, 0.15) is 61.0 Å². The molecule has 2 atom stereocenters. The summed E-state index contributed by atoms with van der Waals surface area (Å²) in [5.74, 6) is 0.278. The lowest BCUT2D eigenvalue weighted by Crippen LogP contribution is -2.44. The molecule has 2 unspecified atom stereocenters. The lowest BCUT2D eigenvalue weighted by molar-refractivity contribution is 0.0779. The Balaban J connectivity index is 2.20. The van der Waals surface area contributed by atoms with E-state index in [1.165, 1.54) is 25.7 Å². The lowest BCUT2D eigenvalue weighted by atomic mass is 9.96. The number of carbonyl (C=O) groups excluding carboxylic acids is 1. The van der Waals surface area contributed by atoms with E-state index in [4.69, 9.17) is 0 Å². The first-order chi connectivity index (χ1) is 9.50. The van der Waals surface area contributed by atoms with Crippen LogP contribution < -0.4 is 0 Å². The Kier molecular flexibility index (Phi) is 4.98. The number of hydrogen-bond donors (Lipinski definition) is 0. The summed E-state index contributed by atoms with van der Waals surface area (Å²) in [6, 6.07) is 6.67. The van der Waals surface area contributed by atoms with Gasteiger partial charge in [0.05, 0.1) is 6.04 Å². The summed E-state index contributed by atoms with van der Waals surface area (Å²) in [5, 5.41) is 0. The third-order valence-corrected chi connectivity index (χ3v) is 4.64. The molecule has 0 N–H and O–H groups in total. The third kappa shape index (κ3) is 3.29. The van der Waals surface area contributed by atoms with Crippen molar-refractivity contribution in [3.8, 4) is 0 Å². The molecule has 1 aliphatic heterocycles. The van der Waals surface area contributed by atoms with Crippen molar-refractivity contribution in [1.29, 1.82) is 0 Å². The van der Waals surface area contributed by atoms with Crippen molar-refractivity contribution in [3.63, 3.8) is 0 Å². The van der Waals surface area contributed by atoms with Gasteiger partial charge in [0.1, 0.15) is 0 Å². The molecule has 0 saturated carbocycles. The predicted octanol–water partition coefficient (Wildman–Crippen LogP) is 4.14. The molecule has 1 aliphatic rings. The second-order valence-corrected chi connectivity index (χ2v) is 6.29. The van der Waals surface area contributed by atoms with Gasteiger partial charge in [0.2, 0.25) is 0 Å². The number of nitrogens with zero attached hydrogens (tertiary/aromatic N) is 1. The van der Waals surface area contributed by atoms with Crippen molar-refractivity contribution in [2.45, 2.75) is 65.5 Å². The summed E-state index contributed by atoms with van der Waals surface area (Å²) in [6.07, 6.45) is 5.02. The van der Waals surface area contributed by atoms with E-state index in [1.807, 2.05) is 13.0 Å². The molecule has 1 fully saturated rings. The first-order valence-corrected chi connectivity index (χ1v) is 7.88. The smallest absolute Gasteiger partial charge is 0.179 e. The Labute approximate surface area is 123 Å². The molecule has 1 heterocycles. The van der Waals surface area contributed by atoms with Crippen LogP contribution in [0.2, 0.25) is 0 Å². The van der Waals surface area contributed by atoms with Crippen molar-refractivity contribution in [3.05, 3.63) is 34.9 Å². The number of aryl methyl sites for hydroxylation is 2. The zero-order chi connectivity index (χ0) is 14.7. The second kappa shape index (κ2) is 6.53. The summed E-state index contributed by atoms with van der Waals surface area (Å²) in [5.41, 5.74) is 3.15. The van der Waals surface area contributed by atoms with Gasteiger partial charge >= 0.3 is 0 Å². The van der Waals surface area contributed by atoms with E-state index in [-0.39, 0.29) is 11.8 Å². The highest BCUT2D eigenvalue weighted by atomic mass is 16.1. The maximum atomic E-state index is 12.8. The molecule has 0 bridgehead atoms. The normalized spacial score (nSPS) is 22.3. The molecule has 0 radical (unpaired) electrons. The number of Topliss-reactive ketones (excluding diaryl/α,β-unsaturated/α-hetero) is 1.